The molecular weight excluding hydrogens is 358 g/mol. The lowest BCUT2D eigenvalue weighted by Crippen LogP contribution is -2.30. The van der Waals surface area contributed by atoms with E-state index in [0.29, 0.717) is 5.17 Å². The molecular formula is C21H23N3O2S. The molecule has 2 aromatic rings. The molecule has 1 aliphatic carbocycles. The summed E-state index contributed by atoms with van der Waals surface area (Å²) in [5.74, 6) is 1.94. The first-order valence-electron chi connectivity index (χ1n) is 8.97. The van der Waals surface area contributed by atoms with Crippen molar-refractivity contribution in [1.29, 1.82) is 5.41 Å². The van der Waals surface area contributed by atoms with Crippen molar-refractivity contribution in [3.05, 3.63) is 59.2 Å². The summed E-state index contributed by atoms with van der Waals surface area (Å²) >= 11 is 1.42. The number of nitrogens with one attached hydrogen (secondary N) is 1. The Morgan fingerprint density at radius 2 is 1.81 bits per heavy atom. The van der Waals surface area contributed by atoms with Crippen molar-refractivity contribution < 1.29 is 9.47 Å². The predicted molar refractivity (Wildman–Crippen MR) is 110 cm³/mol. The van der Waals surface area contributed by atoms with E-state index in [2.05, 4.69) is 24.3 Å². The number of hydrogen-bond acceptors (Lipinski definition) is 5. The molecule has 0 unspecified atom stereocenters. The van der Waals surface area contributed by atoms with Crippen LogP contribution in [-0.2, 0) is 6.42 Å². The number of nitrogens with zero attached hydrogens (tertiary/aromatic N) is 2. The fourth-order valence-electron chi connectivity index (χ4n) is 4.01. The van der Waals surface area contributed by atoms with Crippen LogP contribution >= 0.6 is 11.8 Å². The molecule has 2 atom stereocenters. The van der Waals surface area contributed by atoms with E-state index in [-0.39, 0.29) is 12.0 Å². The average molecular weight is 382 g/mol. The van der Waals surface area contributed by atoms with Gasteiger partial charge in [-0.2, -0.15) is 5.10 Å². The Morgan fingerprint density at radius 3 is 2.48 bits per heavy atom. The number of rotatable bonds is 3. The molecule has 0 bridgehead atoms. The van der Waals surface area contributed by atoms with E-state index in [4.69, 9.17) is 20.0 Å². The topological polar surface area (TPSA) is 57.9 Å². The molecule has 0 spiro atoms. The van der Waals surface area contributed by atoms with E-state index in [0.717, 1.165) is 41.2 Å². The van der Waals surface area contributed by atoms with Gasteiger partial charge in [-0.25, -0.2) is 5.01 Å². The van der Waals surface area contributed by atoms with Crippen molar-refractivity contribution in [3.63, 3.8) is 0 Å². The van der Waals surface area contributed by atoms with Crippen molar-refractivity contribution in [2.24, 2.45) is 11.0 Å². The molecule has 5 nitrogen and oxygen atoms in total. The van der Waals surface area contributed by atoms with Crippen LogP contribution in [0.1, 0.15) is 29.2 Å². The van der Waals surface area contributed by atoms with Gasteiger partial charge in [0.15, 0.2) is 5.17 Å². The summed E-state index contributed by atoms with van der Waals surface area (Å²) in [5.41, 5.74) is 4.68. The summed E-state index contributed by atoms with van der Waals surface area (Å²) in [7, 11) is 3.36. The smallest absolute Gasteiger partial charge is 0.177 e. The third-order valence-electron chi connectivity index (χ3n) is 5.39. The Hall–Kier alpha value is -2.47. The van der Waals surface area contributed by atoms with E-state index < -0.39 is 0 Å². The highest BCUT2D eigenvalue weighted by Gasteiger charge is 2.43. The van der Waals surface area contributed by atoms with Gasteiger partial charge in [0.1, 0.15) is 11.5 Å². The summed E-state index contributed by atoms with van der Waals surface area (Å²) in [6.07, 6.45) is 3.95. The van der Waals surface area contributed by atoms with Crippen molar-refractivity contribution in [3.8, 4) is 11.5 Å². The Morgan fingerprint density at radius 1 is 1.11 bits per heavy atom. The quantitative estimate of drug-likeness (QED) is 0.635. The molecule has 4 rings (SSSR count). The molecule has 140 valence electrons. The first-order valence-corrected chi connectivity index (χ1v) is 10.2. The zero-order valence-electron chi connectivity index (χ0n) is 15.7. The van der Waals surface area contributed by atoms with Gasteiger partial charge in [0.2, 0.25) is 0 Å². The summed E-state index contributed by atoms with van der Waals surface area (Å²) < 4.78 is 10.7. The Bertz CT molecular complexity index is 895. The van der Waals surface area contributed by atoms with Crippen LogP contribution in [0.15, 0.2) is 47.6 Å². The Kier molecular flexibility index (Phi) is 4.83. The fourth-order valence-corrected chi connectivity index (χ4v) is 4.35. The monoisotopic (exact) mass is 381 g/mol. The van der Waals surface area contributed by atoms with E-state index >= 15 is 0 Å². The second kappa shape index (κ2) is 7.27. The molecule has 1 heterocycles. The number of benzene rings is 2. The van der Waals surface area contributed by atoms with Crippen LogP contribution in [0.3, 0.4) is 0 Å². The molecule has 0 fully saturated rings. The van der Waals surface area contributed by atoms with E-state index in [9.17, 15) is 0 Å². The largest absolute Gasteiger partial charge is 0.497 e. The number of hydrogen-bond donors (Lipinski definition) is 1. The van der Waals surface area contributed by atoms with Gasteiger partial charge in [-0.3, -0.25) is 5.41 Å². The number of fused-ring (bicyclic) bond motifs is 3. The van der Waals surface area contributed by atoms with Crippen molar-refractivity contribution in [1.82, 2.24) is 5.01 Å². The van der Waals surface area contributed by atoms with Crippen molar-refractivity contribution >= 4 is 22.6 Å². The zero-order chi connectivity index (χ0) is 19.0. The molecule has 1 N–H and O–H groups in total. The number of amidine groups is 1. The lowest BCUT2D eigenvalue weighted by molar-refractivity contribution is 0.310. The number of methoxy groups -OCH3 is 2. The minimum absolute atomic E-state index is 0.0326. The first kappa shape index (κ1) is 17.9. The van der Waals surface area contributed by atoms with E-state index in [1.165, 1.54) is 17.3 Å². The second-order valence-corrected chi connectivity index (χ2v) is 7.52. The van der Waals surface area contributed by atoms with Crippen LogP contribution in [0.5, 0.6) is 11.5 Å². The highest BCUT2D eigenvalue weighted by molar-refractivity contribution is 8.13. The lowest BCUT2D eigenvalue weighted by atomic mass is 9.77. The molecule has 6 heteroatoms. The van der Waals surface area contributed by atoms with Gasteiger partial charge in [0.25, 0.3) is 0 Å². The molecule has 2 aliphatic rings. The minimum Gasteiger partial charge on any atom is -0.497 e. The van der Waals surface area contributed by atoms with Gasteiger partial charge in [0, 0.05) is 11.5 Å². The third-order valence-corrected chi connectivity index (χ3v) is 5.96. The Labute approximate surface area is 163 Å². The third kappa shape index (κ3) is 3.08. The summed E-state index contributed by atoms with van der Waals surface area (Å²) in [5, 5.41) is 15.7. The van der Waals surface area contributed by atoms with Gasteiger partial charge < -0.3 is 9.47 Å². The maximum absolute atomic E-state index is 8.44. The minimum atomic E-state index is 0.0326. The van der Waals surface area contributed by atoms with Crippen LogP contribution in [0, 0.1) is 11.3 Å². The molecule has 0 saturated carbocycles. The highest BCUT2D eigenvalue weighted by Crippen LogP contribution is 2.44. The average Bonchev–Trinajstić information content (AvgIpc) is 3.12. The van der Waals surface area contributed by atoms with Crippen molar-refractivity contribution in [2.75, 3.05) is 20.5 Å². The first-order chi connectivity index (χ1) is 13.2. The van der Waals surface area contributed by atoms with Crippen LogP contribution in [0.4, 0.5) is 0 Å². The van der Waals surface area contributed by atoms with Gasteiger partial charge in [-0.1, -0.05) is 30.0 Å². The zero-order valence-corrected chi connectivity index (χ0v) is 16.5. The van der Waals surface area contributed by atoms with E-state index in [1.54, 1.807) is 14.2 Å². The number of hydrazone groups is 1. The number of thioether (sulfide) groups is 1. The van der Waals surface area contributed by atoms with Crippen molar-refractivity contribution in [2.45, 2.75) is 18.9 Å². The van der Waals surface area contributed by atoms with Crippen LogP contribution in [0.25, 0.3) is 0 Å². The number of aryl methyl sites for hydroxylation is 1. The predicted octanol–water partition coefficient (Wildman–Crippen LogP) is 4.32. The molecule has 0 radical (unpaired) electrons. The second-order valence-electron chi connectivity index (χ2n) is 6.73. The van der Waals surface area contributed by atoms with Gasteiger partial charge in [-0.15, -0.1) is 0 Å². The van der Waals surface area contributed by atoms with Gasteiger partial charge in [0.05, 0.1) is 26.0 Å². The standard InChI is InChI=1S/C21H23N3O2S/c1-25-15-8-5-14(6-9-15)20-17-11-7-13-4-10-16(26-2)12-18(13)19(17)23-24(20)21(22)27-3/h4-6,8-10,12,17,20,22H,7,11H2,1-3H3/t17-,20-/m0/s1. The van der Waals surface area contributed by atoms with Gasteiger partial charge in [-0.05, 0) is 54.5 Å². The summed E-state index contributed by atoms with van der Waals surface area (Å²) in [4.78, 5) is 0. The molecule has 0 amide bonds. The van der Waals surface area contributed by atoms with E-state index in [1.807, 2.05) is 29.5 Å². The van der Waals surface area contributed by atoms with Crippen LogP contribution in [0.2, 0.25) is 0 Å². The molecule has 27 heavy (non-hydrogen) atoms. The molecule has 0 saturated heterocycles. The summed E-state index contributed by atoms with van der Waals surface area (Å²) in [6.45, 7) is 0. The molecule has 1 aliphatic heterocycles. The normalized spacial score (nSPS) is 20.6. The lowest BCUT2D eigenvalue weighted by Gasteiger charge is -2.30. The number of ether oxygens (including phenoxy) is 2. The molecule has 0 aromatic heterocycles. The molecule has 2 aromatic carbocycles. The maximum atomic E-state index is 8.44. The van der Waals surface area contributed by atoms with Crippen LogP contribution in [-0.4, -0.2) is 36.4 Å². The van der Waals surface area contributed by atoms with Gasteiger partial charge >= 0.3 is 0 Å². The highest BCUT2D eigenvalue weighted by atomic mass is 32.2. The summed E-state index contributed by atoms with van der Waals surface area (Å²) in [6, 6.07) is 14.4. The maximum Gasteiger partial charge on any atom is 0.177 e. The van der Waals surface area contributed by atoms with Crippen LogP contribution < -0.4 is 9.47 Å². The SMILES string of the molecule is COc1ccc([C@H]2[C@H]3CCc4ccc(OC)cc4C3=NN2C(=N)SC)cc1. The Balaban J connectivity index is 1.78. The fraction of sp³-hybridized carbons (Fsp3) is 0.333.